The minimum absolute atomic E-state index is 0.0753. The molecule has 2 heterocycles. The van der Waals surface area contributed by atoms with Crippen molar-refractivity contribution in [2.24, 2.45) is 0 Å². The van der Waals surface area contributed by atoms with Crippen LogP contribution in [0, 0.1) is 0 Å². The number of amides is 3. The van der Waals surface area contributed by atoms with Crippen LogP contribution >= 0.6 is 0 Å². The number of nitrogens with zero attached hydrogens (tertiary/aromatic N) is 1. The summed E-state index contributed by atoms with van der Waals surface area (Å²) in [4.78, 5) is 23.7. The Morgan fingerprint density at radius 1 is 1.40 bits per heavy atom. The van der Waals surface area contributed by atoms with Crippen molar-refractivity contribution in [3.05, 3.63) is 0 Å². The van der Waals surface area contributed by atoms with Gasteiger partial charge in [0.1, 0.15) is 0 Å². The van der Waals surface area contributed by atoms with Gasteiger partial charge in [-0.1, -0.05) is 0 Å². The molecule has 0 unspecified atom stereocenters. The maximum atomic E-state index is 13.7. The number of hydrogen-bond acceptors (Lipinski definition) is 3. The number of rotatable bonds is 0. The van der Waals surface area contributed by atoms with Crippen LogP contribution in [0.4, 0.5) is 13.6 Å². The fourth-order valence-corrected chi connectivity index (χ4v) is 2.02. The highest BCUT2D eigenvalue weighted by Crippen LogP contribution is 2.38. The van der Waals surface area contributed by atoms with Gasteiger partial charge in [-0.05, 0) is 13.5 Å². The van der Waals surface area contributed by atoms with E-state index in [0.29, 0.717) is 6.54 Å². The minimum Gasteiger partial charge on any atom is -0.318 e. The molecule has 2 rings (SSSR count). The molecule has 0 aromatic carbocycles. The molecule has 1 spiro atoms. The van der Waals surface area contributed by atoms with Gasteiger partial charge in [0.2, 0.25) is 0 Å². The van der Waals surface area contributed by atoms with E-state index in [1.807, 2.05) is 5.32 Å². The molecular formula is C8H11F2N3O2. The average Bonchev–Trinajstić information content (AvgIpc) is 2.36. The number of carbonyl (C=O) groups excluding carboxylic acids is 2. The lowest BCUT2D eigenvalue weighted by molar-refractivity contribution is -0.155. The Morgan fingerprint density at radius 2 is 2.07 bits per heavy atom. The Morgan fingerprint density at radius 3 is 2.53 bits per heavy atom. The van der Waals surface area contributed by atoms with E-state index in [2.05, 4.69) is 5.32 Å². The minimum atomic E-state index is -3.24. The van der Waals surface area contributed by atoms with Gasteiger partial charge in [-0.25, -0.2) is 13.6 Å². The van der Waals surface area contributed by atoms with E-state index in [1.165, 1.54) is 4.90 Å². The van der Waals surface area contributed by atoms with Crippen molar-refractivity contribution in [1.29, 1.82) is 0 Å². The molecule has 2 aliphatic heterocycles. The molecular weight excluding hydrogens is 208 g/mol. The molecule has 0 aromatic heterocycles. The summed E-state index contributed by atoms with van der Waals surface area (Å²) in [5, 5.41) is 3.91. The third-order valence-electron chi connectivity index (χ3n) is 2.90. The molecule has 0 aromatic rings. The Balaban J connectivity index is 2.35. The van der Waals surface area contributed by atoms with Gasteiger partial charge in [0.05, 0.1) is 6.54 Å². The van der Waals surface area contributed by atoms with Gasteiger partial charge in [0.25, 0.3) is 11.8 Å². The first kappa shape index (κ1) is 10.3. The van der Waals surface area contributed by atoms with Crippen LogP contribution in [0.25, 0.3) is 0 Å². The molecule has 0 radical (unpaired) electrons. The summed E-state index contributed by atoms with van der Waals surface area (Å²) in [6.07, 6.45) is -0.0753. The maximum Gasteiger partial charge on any atom is 0.322 e. The van der Waals surface area contributed by atoms with Crippen LogP contribution in [-0.4, -0.2) is 48.4 Å². The highest BCUT2D eigenvalue weighted by atomic mass is 19.3. The normalized spacial score (nSPS) is 35.4. The lowest BCUT2D eigenvalue weighted by atomic mass is 9.84. The quantitative estimate of drug-likeness (QED) is 0.542. The van der Waals surface area contributed by atoms with E-state index in [4.69, 9.17) is 0 Å². The molecule has 3 amide bonds. The summed E-state index contributed by atoms with van der Waals surface area (Å²) in [6, 6.07) is -0.843. The Labute approximate surface area is 84.8 Å². The molecule has 7 heteroatoms. The molecule has 5 nitrogen and oxygen atoms in total. The monoisotopic (exact) mass is 219 g/mol. The summed E-state index contributed by atoms with van der Waals surface area (Å²) in [6.45, 7) is -0.177. The van der Waals surface area contributed by atoms with Crippen molar-refractivity contribution in [2.45, 2.75) is 17.9 Å². The van der Waals surface area contributed by atoms with Gasteiger partial charge in [0, 0.05) is 6.54 Å². The first-order valence-corrected chi connectivity index (χ1v) is 4.57. The van der Waals surface area contributed by atoms with Crippen LogP contribution in [0.3, 0.4) is 0 Å². The van der Waals surface area contributed by atoms with E-state index >= 15 is 0 Å². The molecule has 1 atom stereocenters. The van der Waals surface area contributed by atoms with E-state index in [-0.39, 0.29) is 6.42 Å². The summed E-state index contributed by atoms with van der Waals surface area (Å²) in [7, 11) is 1.55. The Bertz CT molecular complexity index is 334. The predicted octanol–water partition coefficient (Wildman–Crippen LogP) is -0.465. The van der Waals surface area contributed by atoms with Crippen molar-refractivity contribution in [1.82, 2.24) is 15.5 Å². The van der Waals surface area contributed by atoms with Crippen molar-refractivity contribution in [3.63, 3.8) is 0 Å². The van der Waals surface area contributed by atoms with Gasteiger partial charge in [-0.2, -0.15) is 0 Å². The van der Waals surface area contributed by atoms with Gasteiger partial charge in [0.15, 0.2) is 5.54 Å². The van der Waals surface area contributed by atoms with Gasteiger partial charge in [-0.3, -0.25) is 10.1 Å². The molecule has 84 valence electrons. The third kappa shape index (κ3) is 1.30. The lowest BCUT2D eigenvalue weighted by Gasteiger charge is -2.41. The fraction of sp³-hybridized carbons (Fsp3) is 0.750. The number of nitrogens with one attached hydrogen (secondary N) is 2. The summed E-state index contributed by atoms with van der Waals surface area (Å²) in [5.74, 6) is -4.17. The van der Waals surface area contributed by atoms with Gasteiger partial charge >= 0.3 is 6.03 Å². The molecule has 2 aliphatic rings. The number of imide groups is 1. The van der Waals surface area contributed by atoms with E-state index in [9.17, 15) is 18.4 Å². The zero-order chi connectivity index (χ0) is 11.3. The standard InChI is InChI=1S/C8H11F2N3O2/c1-13-3-2-7(8(9,10)4-13)5(14)11-6(15)12-7/h2-4H2,1H3,(H2,11,12,14,15)/t7-/m0/s1. The van der Waals surface area contributed by atoms with Gasteiger partial charge < -0.3 is 10.2 Å². The second-order valence-electron chi connectivity index (χ2n) is 4.01. The molecule has 0 bridgehead atoms. The second-order valence-corrected chi connectivity index (χ2v) is 4.01. The Kier molecular flexibility index (Phi) is 1.97. The summed E-state index contributed by atoms with van der Waals surface area (Å²) in [5.41, 5.74) is -2.05. The summed E-state index contributed by atoms with van der Waals surface area (Å²) < 4.78 is 27.4. The fourth-order valence-electron chi connectivity index (χ4n) is 2.02. The first-order valence-electron chi connectivity index (χ1n) is 4.57. The number of hydrogen-bond donors (Lipinski definition) is 2. The zero-order valence-electron chi connectivity index (χ0n) is 8.14. The molecule has 2 saturated heterocycles. The number of carbonyl (C=O) groups is 2. The van der Waals surface area contributed by atoms with E-state index in [0.717, 1.165) is 0 Å². The number of piperidine rings is 1. The number of likely N-dealkylation sites (tertiary alicyclic amines) is 1. The van der Waals surface area contributed by atoms with Crippen molar-refractivity contribution >= 4 is 11.9 Å². The highest BCUT2D eigenvalue weighted by molar-refractivity contribution is 6.07. The van der Waals surface area contributed by atoms with E-state index in [1.54, 1.807) is 7.05 Å². The van der Waals surface area contributed by atoms with Crippen molar-refractivity contribution < 1.29 is 18.4 Å². The molecule has 2 fully saturated rings. The smallest absolute Gasteiger partial charge is 0.318 e. The lowest BCUT2D eigenvalue weighted by Crippen LogP contribution is -2.67. The summed E-state index contributed by atoms with van der Waals surface area (Å²) >= 11 is 0. The second kappa shape index (κ2) is 2.88. The largest absolute Gasteiger partial charge is 0.322 e. The van der Waals surface area contributed by atoms with Crippen LogP contribution in [-0.2, 0) is 4.79 Å². The first-order chi connectivity index (χ1) is 6.87. The van der Waals surface area contributed by atoms with Crippen LogP contribution in [0.2, 0.25) is 0 Å². The molecule has 0 aliphatic carbocycles. The Hall–Kier alpha value is -1.24. The number of alkyl halides is 2. The highest BCUT2D eigenvalue weighted by Gasteiger charge is 2.65. The molecule has 0 saturated carbocycles. The van der Waals surface area contributed by atoms with Crippen molar-refractivity contribution in [2.75, 3.05) is 20.1 Å². The van der Waals surface area contributed by atoms with Crippen LogP contribution in [0.15, 0.2) is 0 Å². The van der Waals surface area contributed by atoms with Crippen molar-refractivity contribution in [3.8, 4) is 0 Å². The molecule has 2 N–H and O–H groups in total. The van der Waals surface area contributed by atoms with E-state index < -0.39 is 29.9 Å². The number of halogens is 2. The van der Waals surface area contributed by atoms with Crippen LogP contribution in [0.5, 0.6) is 0 Å². The molecule has 15 heavy (non-hydrogen) atoms. The predicted molar refractivity (Wildman–Crippen MR) is 46.5 cm³/mol. The average molecular weight is 219 g/mol. The van der Waals surface area contributed by atoms with Gasteiger partial charge in [-0.15, -0.1) is 0 Å². The number of urea groups is 1. The third-order valence-corrected chi connectivity index (χ3v) is 2.90. The topological polar surface area (TPSA) is 61.4 Å². The zero-order valence-corrected chi connectivity index (χ0v) is 8.14. The SMILES string of the molecule is CN1CC[C@@]2(NC(=O)NC2=O)C(F)(F)C1. The maximum absolute atomic E-state index is 13.7. The van der Waals surface area contributed by atoms with Crippen LogP contribution < -0.4 is 10.6 Å². The van der Waals surface area contributed by atoms with Crippen LogP contribution in [0.1, 0.15) is 6.42 Å².